The smallest absolute Gasteiger partial charge is 0.324 e. The number of piperidine rings is 2. The van der Waals surface area contributed by atoms with Crippen molar-refractivity contribution in [2.24, 2.45) is 5.92 Å². The highest BCUT2D eigenvalue weighted by Gasteiger charge is 2.35. The quantitative estimate of drug-likeness (QED) is 0.722. The summed E-state index contributed by atoms with van der Waals surface area (Å²) in [6, 6.07) is 0.291. The third-order valence-electron chi connectivity index (χ3n) is 4.00. The van der Waals surface area contributed by atoms with Gasteiger partial charge in [0.2, 0.25) is 5.91 Å². The van der Waals surface area contributed by atoms with Crippen LogP contribution < -0.4 is 5.32 Å². The van der Waals surface area contributed by atoms with Crippen LogP contribution in [0.1, 0.15) is 19.3 Å². The minimum atomic E-state index is -0.426. The van der Waals surface area contributed by atoms with Gasteiger partial charge in [-0.25, -0.2) is 4.79 Å². The Morgan fingerprint density at radius 2 is 2.11 bits per heavy atom. The molecule has 2 aliphatic heterocycles. The second-order valence-electron chi connectivity index (χ2n) is 5.17. The molecule has 1 N–H and O–H groups in total. The van der Waals surface area contributed by atoms with Crippen LogP contribution in [-0.2, 0) is 4.79 Å². The number of likely N-dealkylation sites (tertiary alicyclic amines) is 2. The van der Waals surface area contributed by atoms with Crippen molar-refractivity contribution in [3.63, 3.8) is 0 Å². The first-order valence-electron chi connectivity index (χ1n) is 6.46. The van der Waals surface area contributed by atoms with E-state index in [1.165, 1.54) is 12.8 Å². The zero-order valence-corrected chi connectivity index (χ0v) is 11.4. The Kier molecular flexibility index (Phi) is 4.45. The largest absolute Gasteiger partial charge is 0.324 e. The summed E-state index contributed by atoms with van der Waals surface area (Å²) in [6.45, 7) is 2.61. The SMILES string of the molecule is CN1CCCC2CN(C(=O)NC(=O)CCl)CCC21. The Labute approximate surface area is 112 Å². The van der Waals surface area contributed by atoms with Crippen LogP contribution in [-0.4, -0.2) is 60.3 Å². The molecule has 102 valence electrons. The molecule has 0 bridgehead atoms. The van der Waals surface area contributed by atoms with E-state index < -0.39 is 5.91 Å². The van der Waals surface area contributed by atoms with Crippen LogP contribution in [0.25, 0.3) is 0 Å². The number of urea groups is 1. The minimum absolute atomic E-state index is 0.172. The van der Waals surface area contributed by atoms with Crippen LogP contribution in [0.2, 0.25) is 0 Å². The van der Waals surface area contributed by atoms with Gasteiger partial charge in [-0.3, -0.25) is 10.1 Å². The number of halogens is 1. The van der Waals surface area contributed by atoms with Gasteiger partial charge >= 0.3 is 6.03 Å². The van der Waals surface area contributed by atoms with E-state index in [0.29, 0.717) is 18.5 Å². The fraction of sp³-hybridized carbons (Fsp3) is 0.833. The number of rotatable bonds is 1. The normalized spacial score (nSPS) is 28.7. The van der Waals surface area contributed by atoms with E-state index in [1.807, 2.05) is 0 Å². The average molecular weight is 274 g/mol. The number of nitrogens with zero attached hydrogens (tertiary/aromatic N) is 2. The van der Waals surface area contributed by atoms with Crippen LogP contribution in [0.15, 0.2) is 0 Å². The van der Waals surface area contributed by atoms with Crippen molar-refractivity contribution < 1.29 is 9.59 Å². The summed E-state index contributed by atoms with van der Waals surface area (Å²) in [5.74, 6) is -0.0622. The zero-order valence-electron chi connectivity index (χ0n) is 10.7. The first kappa shape index (κ1) is 13.6. The molecule has 2 atom stereocenters. The van der Waals surface area contributed by atoms with Crippen LogP contribution >= 0.6 is 11.6 Å². The van der Waals surface area contributed by atoms with Crippen molar-refractivity contribution in [3.05, 3.63) is 0 Å². The Bertz CT molecular complexity index is 337. The molecule has 6 heteroatoms. The molecule has 0 aromatic carbocycles. The topological polar surface area (TPSA) is 52.6 Å². The van der Waals surface area contributed by atoms with Crippen molar-refractivity contribution in [3.8, 4) is 0 Å². The summed E-state index contributed by atoms with van der Waals surface area (Å²) in [7, 11) is 2.16. The average Bonchev–Trinajstić information content (AvgIpc) is 2.38. The van der Waals surface area contributed by atoms with Gasteiger partial charge in [-0.2, -0.15) is 0 Å². The molecule has 3 amide bonds. The monoisotopic (exact) mass is 273 g/mol. The molecule has 0 saturated carbocycles. The number of amides is 3. The molecular formula is C12H20ClN3O2. The molecule has 0 radical (unpaired) electrons. The van der Waals surface area contributed by atoms with Crippen molar-refractivity contribution in [2.75, 3.05) is 32.6 Å². The molecule has 0 aliphatic carbocycles. The molecule has 0 aromatic rings. The maximum absolute atomic E-state index is 11.8. The molecule has 0 aromatic heterocycles. The van der Waals surface area contributed by atoms with Crippen molar-refractivity contribution in [2.45, 2.75) is 25.3 Å². The standard InChI is InChI=1S/C12H20ClN3O2/c1-15-5-2-3-9-8-16(6-4-10(9)15)12(18)14-11(17)7-13/h9-10H,2-8H2,1H3,(H,14,17,18). The van der Waals surface area contributed by atoms with E-state index in [9.17, 15) is 9.59 Å². The van der Waals surface area contributed by atoms with Gasteiger partial charge < -0.3 is 9.80 Å². The molecule has 2 saturated heterocycles. The van der Waals surface area contributed by atoms with Gasteiger partial charge in [-0.05, 0) is 38.8 Å². The van der Waals surface area contributed by atoms with Gasteiger partial charge in [0.15, 0.2) is 0 Å². The molecule has 2 rings (SSSR count). The van der Waals surface area contributed by atoms with Gasteiger partial charge in [0.05, 0.1) is 0 Å². The molecule has 5 nitrogen and oxygen atoms in total. The van der Waals surface area contributed by atoms with E-state index in [1.54, 1.807) is 4.90 Å². The number of alkyl halides is 1. The van der Waals surface area contributed by atoms with Gasteiger partial charge in [0.25, 0.3) is 0 Å². The summed E-state index contributed by atoms with van der Waals surface area (Å²) < 4.78 is 0. The van der Waals surface area contributed by atoms with Gasteiger partial charge in [0.1, 0.15) is 5.88 Å². The number of hydrogen-bond donors (Lipinski definition) is 1. The highest BCUT2D eigenvalue weighted by atomic mass is 35.5. The number of nitrogens with one attached hydrogen (secondary N) is 1. The number of hydrogen-bond acceptors (Lipinski definition) is 3. The third-order valence-corrected chi connectivity index (χ3v) is 4.24. The Balaban J connectivity index is 1.90. The Morgan fingerprint density at radius 3 is 2.83 bits per heavy atom. The summed E-state index contributed by atoms with van der Waals surface area (Å²) in [6.07, 6.45) is 3.35. The number of imide groups is 1. The second-order valence-corrected chi connectivity index (χ2v) is 5.44. The Hall–Kier alpha value is -0.810. The Morgan fingerprint density at radius 1 is 1.33 bits per heavy atom. The lowest BCUT2D eigenvalue weighted by Gasteiger charge is -2.45. The van der Waals surface area contributed by atoms with Crippen molar-refractivity contribution in [1.29, 1.82) is 0 Å². The highest BCUT2D eigenvalue weighted by Crippen LogP contribution is 2.29. The van der Waals surface area contributed by atoms with Crippen LogP contribution in [0, 0.1) is 5.92 Å². The molecule has 2 heterocycles. The summed E-state index contributed by atoms with van der Waals surface area (Å²) in [5.41, 5.74) is 0. The second kappa shape index (κ2) is 5.89. The molecule has 2 fully saturated rings. The van der Waals surface area contributed by atoms with Crippen LogP contribution in [0.4, 0.5) is 4.79 Å². The van der Waals surface area contributed by atoms with Crippen LogP contribution in [0.5, 0.6) is 0 Å². The number of carbonyl (C=O) groups is 2. The van der Waals surface area contributed by atoms with Gasteiger partial charge in [-0.15, -0.1) is 11.6 Å². The van der Waals surface area contributed by atoms with Crippen molar-refractivity contribution in [1.82, 2.24) is 15.1 Å². The third kappa shape index (κ3) is 2.95. The van der Waals surface area contributed by atoms with E-state index in [2.05, 4.69) is 17.3 Å². The van der Waals surface area contributed by atoms with E-state index in [-0.39, 0.29) is 11.9 Å². The summed E-state index contributed by atoms with van der Waals surface area (Å²) in [4.78, 5) is 27.1. The maximum Gasteiger partial charge on any atom is 0.324 e. The molecule has 2 unspecified atom stereocenters. The summed E-state index contributed by atoms with van der Waals surface area (Å²) >= 11 is 5.38. The lowest BCUT2D eigenvalue weighted by molar-refractivity contribution is -0.117. The fourth-order valence-electron chi connectivity index (χ4n) is 3.07. The minimum Gasteiger partial charge on any atom is -0.324 e. The van der Waals surface area contributed by atoms with Gasteiger partial charge in [-0.1, -0.05) is 0 Å². The summed E-state index contributed by atoms with van der Waals surface area (Å²) in [5, 5.41) is 2.31. The predicted molar refractivity (Wildman–Crippen MR) is 69.6 cm³/mol. The molecule has 0 spiro atoms. The first-order valence-corrected chi connectivity index (χ1v) is 7.00. The fourth-order valence-corrected chi connectivity index (χ4v) is 3.14. The lowest BCUT2D eigenvalue weighted by atomic mass is 9.84. The van der Waals surface area contributed by atoms with Crippen LogP contribution in [0.3, 0.4) is 0 Å². The number of carbonyl (C=O) groups excluding carboxylic acids is 2. The predicted octanol–water partition coefficient (Wildman–Crippen LogP) is 0.877. The van der Waals surface area contributed by atoms with E-state index in [0.717, 1.165) is 19.5 Å². The van der Waals surface area contributed by atoms with Gasteiger partial charge in [0, 0.05) is 19.1 Å². The zero-order chi connectivity index (χ0) is 13.1. The van der Waals surface area contributed by atoms with Crippen molar-refractivity contribution >= 4 is 23.5 Å². The molecule has 18 heavy (non-hydrogen) atoms. The number of fused-ring (bicyclic) bond motifs is 1. The first-order chi connectivity index (χ1) is 8.61. The van der Waals surface area contributed by atoms with E-state index in [4.69, 9.17) is 11.6 Å². The maximum atomic E-state index is 11.8. The lowest BCUT2D eigenvalue weighted by Crippen LogP contribution is -2.56. The highest BCUT2D eigenvalue weighted by molar-refractivity contribution is 6.28. The molecular weight excluding hydrogens is 254 g/mol. The molecule has 2 aliphatic rings. The van der Waals surface area contributed by atoms with E-state index >= 15 is 0 Å².